The third-order valence-electron chi connectivity index (χ3n) is 4.00. The predicted octanol–water partition coefficient (Wildman–Crippen LogP) is 2.86. The third-order valence-corrected chi connectivity index (χ3v) is 4.73. The van der Waals surface area contributed by atoms with Crippen molar-refractivity contribution in [2.24, 2.45) is 0 Å². The fraction of sp³-hybridized carbons (Fsp3) is 0.222. The van der Waals surface area contributed by atoms with Crippen LogP contribution in [0.3, 0.4) is 0 Å². The second-order valence-electron chi connectivity index (χ2n) is 6.20. The van der Waals surface area contributed by atoms with E-state index in [0.29, 0.717) is 15.7 Å². The monoisotopic (exact) mass is 497 g/mol. The van der Waals surface area contributed by atoms with Crippen molar-refractivity contribution in [1.82, 2.24) is 25.1 Å². The summed E-state index contributed by atoms with van der Waals surface area (Å²) in [5.41, 5.74) is 1.09. The summed E-state index contributed by atoms with van der Waals surface area (Å²) in [7, 11) is 1.54. The van der Waals surface area contributed by atoms with Gasteiger partial charge in [-0.2, -0.15) is 10.1 Å². The molecule has 12 heteroatoms. The number of carbonyl (C=O) groups is 1. The minimum Gasteiger partial charge on any atom is -0.394 e. The van der Waals surface area contributed by atoms with Crippen molar-refractivity contribution >= 4 is 50.9 Å². The summed E-state index contributed by atoms with van der Waals surface area (Å²) in [6.07, 6.45) is 4.54. The Morgan fingerprint density at radius 2 is 2.17 bits per heavy atom. The molecule has 1 amide bonds. The summed E-state index contributed by atoms with van der Waals surface area (Å²) >= 11 is 9.42. The second kappa shape index (κ2) is 9.83. The Bertz CT molecular complexity index is 1030. The van der Waals surface area contributed by atoms with Gasteiger partial charge in [0, 0.05) is 17.7 Å². The first kappa shape index (κ1) is 21.9. The Morgan fingerprint density at radius 1 is 1.37 bits per heavy atom. The molecule has 1 atom stereocenters. The SMILES string of the molecule is CNC(=O)Cn1cc(Nc2ncc(Cl)c(NC(CO)c3cc(F)cc(Br)c3)n2)cn1. The van der Waals surface area contributed by atoms with Gasteiger partial charge >= 0.3 is 0 Å². The van der Waals surface area contributed by atoms with Crippen molar-refractivity contribution < 1.29 is 14.3 Å². The van der Waals surface area contributed by atoms with Crippen LogP contribution in [0.5, 0.6) is 0 Å². The van der Waals surface area contributed by atoms with Crippen molar-refractivity contribution in [1.29, 1.82) is 0 Å². The molecule has 0 aliphatic carbocycles. The zero-order valence-electron chi connectivity index (χ0n) is 15.7. The van der Waals surface area contributed by atoms with E-state index in [2.05, 4.69) is 46.9 Å². The van der Waals surface area contributed by atoms with Crippen LogP contribution >= 0.6 is 27.5 Å². The lowest BCUT2D eigenvalue weighted by Gasteiger charge is -2.19. The maximum Gasteiger partial charge on any atom is 0.241 e. The zero-order chi connectivity index (χ0) is 21.7. The van der Waals surface area contributed by atoms with Gasteiger partial charge in [-0.1, -0.05) is 27.5 Å². The van der Waals surface area contributed by atoms with Gasteiger partial charge in [0.05, 0.1) is 30.7 Å². The highest BCUT2D eigenvalue weighted by Gasteiger charge is 2.16. The molecule has 0 aliphatic heterocycles. The van der Waals surface area contributed by atoms with Gasteiger partial charge in [0.15, 0.2) is 5.82 Å². The number of carbonyl (C=O) groups excluding carboxylic acids is 1. The molecule has 158 valence electrons. The van der Waals surface area contributed by atoms with E-state index >= 15 is 0 Å². The molecule has 0 fully saturated rings. The van der Waals surface area contributed by atoms with Crippen molar-refractivity contribution in [3.8, 4) is 0 Å². The van der Waals surface area contributed by atoms with Crippen LogP contribution in [0.2, 0.25) is 5.02 Å². The van der Waals surface area contributed by atoms with Crippen LogP contribution in [0.25, 0.3) is 0 Å². The molecule has 1 unspecified atom stereocenters. The van der Waals surface area contributed by atoms with E-state index in [1.54, 1.807) is 19.3 Å². The Morgan fingerprint density at radius 3 is 2.87 bits per heavy atom. The normalized spacial score (nSPS) is 11.8. The highest BCUT2D eigenvalue weighted by Crippen LogP contribution is 2.27. The average Bonchev–Trinajstić information content (AvgIpc) is 3.14. The van der Waals surface area contributed by atoms with E-state index in [0.717, 1.165) is 0 Å². The van der Waals surface area contributed by atoms with E-state index in [9.17, 15) is 14.3 Å². The standard InChI is InChI=1S/C18H18BrClFN7O2/c1-22-16(30)8-28-7-13(5-24-28)25-18-23-6-14(20)17(27-18)26-15(9-29)10-2-11(19)4-12(21)3-10/h2-7,15,29H,8-9H2,1H3,(H,22,30)(H2,23,25,26,27). The molecule has 0 saturated carbocycles. The quantitative estimate of drug-likeness (QED) is 0.377. The van der Waals surface area contributed by atoms with Crippen molar-refractivity contribution in [2.45, 2.75) is 12.6 Å². The third kappa shape index (κ3) is 5.65. The molecule has 30 heavy (non-hydrogen) atoms. The first-order chi connectivity index (χ1) is 14.4. The summed E-state index contributed by atoms with van der Waals surface area (Å²) in [5, 5.41) is 22.6. The lowest BCUT2D eigenvalue weighted by atomic mass is 10.1. The number of likely N-dealkylation sites (N-methyl/N-ethyl adjacent to an activating group) is 1. The number of aliphatic hydroxyl groups is 1. The Balaban J connectivity index is 1.77. The number of amides is 1. The minimum atomic E-state index is -0.646. The summed E-state index contributed by atoms with van der Waals surface area (Å²) in [4.78, 5) is 19.9. The summed E-state index contributed by atoms with van der Waals surface area (Å²) in [6, 6.07) is 3.68. The molecular weight excluding hydrogens is 481 g/mol. The van der Waals surface area contributed by atoms with Crippen molar-refractivity contribution in [3.05, 3.63) is 57.7 Å². The van der Waals surface area contributed by atoms with Gasteiger partial charge in [-0.3, -0.25) is 9.48 Å². The summed E-state index contributed by atoms with van der Waals surface area (Å²) < 4.78 is 15.7. The topological polar surface area (TPSA) is 117 Å². The molecule has 3 aromatic rings. The molecule has 0 bridgehead atoms. The van der Waals surface area contributed by atoms with E-state index < -0.39 is 11.9 Å². The number of nitrogens with one attached hydrogen (secondary N) is 3. The van der Waals surface area contributed by atoms with E-state index in [-0.39, 0.29) is 35.8 Å². The fourth-order valence-electron chi connectivity index (χ4n) is 2.57. The van der Waals surface area contributed by atoms with Crippen LogP contribution in [0.4, 0.5) is 21.8 Å². The molecule has 4 N–H and O–H groups in total. The Kier molecular flexibility index (Phi) is 7.19. The van der Waals surface area contributed by atoms with Gasteiger partial charge in [0.1, 0.15) is 17.4 Å². The van der Waals surface area contributed by atoms with Gasteiger partial charge in [-0.15, -0.1) is 0 Å². The van der Waals surface area contributed by atoms with E-state index in [1.807, 2.05) is 0 Å². The first-order valence-corrected chi connectivity index (χ1v) is 9.91. The lowest BCUT2D eigenvalue weighted by molar-refractivity contribution is -0.121. The van der Waals surface area contributed by atoms with E-state index in [1.165, 1.54) is 29.2 Å². The Hall–Kier alpha value is -2.76. The van der Waals surface area contributed by atoms with Gasteiger partial charge in [-0.25, -0.2) is 9.37 Å². The molecule has 9 nitrogen and oxygen atoms in total. The average molecular weight is 499 g/mol. The predicted molar refractivity (Wildman–Crippen MR) is 114 cm³/mol. The number of hydrogen-bond donors (Lipinski definition) is 4. The number of anilines is 3. The number of nitrogens with zero attached hydrogens (tertiary/aromatic N) is 4. The molecule has 2 heterocycles. The van der Waals surface area contributed by atoms with Crippen LogP contribution in [0, 0.1) is 5.82 Å². The first-order valence-electron chi connectivity index (χ1n) is 8.74. The van der Waals surface area contributed by atoms with Crippen LogP contribution in [-0.2, 0) is 11.3 Å². The van der Waals surface area contributed by atoms with Gasteiger partial charge < -0.3 is 21.1 Å². The smallest absolute Gasteiger partial charge is 0.241 e. The van der Waals surface area contributed by atoms with E-state index in [4.69, 9.17) is 11.6 Å². The molecule has 1 aromatic carbocycles. The fourth-order valence-corrected chi connectivity index (χ4v) is 3.20. The molecule has 0 saturated heterocycles. The molecule has 0 aliphatic rings. The zero-order valence-corrected chi connectivity index (χ0v) is 18.1. The number of aliphatic hydroxyl groups excluding tert-OH is 1. The highest BCUT2D eigenvalue weighted by atomic mass is 79.9. The van der Waals surface area contributed by atoms with Gasteiger partial charge in [-0.05, 0) is 23.8 Å². The molecule has 3 rings (SSSR count). The number of rotatable bonds is 8. The summed E-state index contributed by atoms with van der Waals surface area (Å²) in [5.74, 6) is -0.146. The number of benzene rings is 1. The lowest BCUT2D eigenvalue weighted by Crippen LogP contribution is -2.23. The number of halogens is 3. The molecule has 2 aromatic heterocycles. The van der Waals surface area contributed by atoms with Gasteiger partial charge in [0.2, 0.25) is 11.9 Å². The van der Waals surface area contributed by atoms with Crippen LogP contribution < -0.4 is 16.0 Å². The van der Waals surface area contributed by atoms with Crippen LogP contribution in [0.15, 0.2) is 41.3 Å². The summed E-state index contributed by atoms with van der Waals surface area (Å²) in [6.45, 7) is -0.237. The number of hydrogen-bond acceptors (Lipinski definition) is 7. The minimum absolute atomic E-state index is 0.0772. The molecule has 0 spiro atoms. The van der Waals surface area contributed by atoms with Crippen molar-refractivity contribution in [3.63, 3.8) is 0 Å². The Labute approximate surface area is 184 Å². The highest BCUT2D eigenvalue weighted by molar-refractivity contribution is 9.10. The maximum absolute atomic E-state index is 13.7. The maximum atomic E-state index is 13.7. The largest absolute Gasteiger partial charge is 0.394 e. The molecule has 0 radical (unpaired) electrons. The van der Waals surface area contributed by atoms with Crippen LogP contribution in [0.1, 0.15) is 11.6 Å². The number of aromatic nitrogens is 4. The van der Waals surface area contributed by atoms with Gasteiger partial charge in [0.25, 0.3) is 0 Å². The second-order valence-corrected chi connectivity index (χ2v) is 7.52. The van der Waals surface area contributed by atoms with Crippen molar-refractivity contribution in [2.75, 3.05) is 24.3 Å². The van der Waals surface area contributed by atoms with Crippen LogP contribution in [-0.4, -0.2) is 44.4 Å². The molecular formula is C18H18BrClFN7O2.